The Morgan fingerprint density at radius 3 is 2.70 bits per heavy atom. The summed E-state index contributed by atoms with van der Waals surface area (Å²) in [5.74, 6) is 0.664. The Hall–Kier alpha value is -0.260. The van der Waals surface area contributed by atoms with Crippen LogP contribution in [0.3, 0.4) is 0 Å². The second-order valence-corrected chi connectivity index (χ2v) is 2.84. The molecule has 0 rings (SSSR count). The molecular weight excluding hydrogens is 120 g/mol. The molecule has 0 aromatic carbocycles. The molecular formula is C10H19. The monoisotopic (exact) mass is 139 g/mol. The Bertz CT molecular complexity index is 82.0. The molecule has 0 aliphatic rings. The van der Waals surface area contributed by atoms with Crippen molar-refractivity contribution in [2.24, 2.45) is 5.92 Å². The lowest BCUT2D eigenvalue weighted by Crippen LogP contribution is -1.83. The van der Waals surface area contributed by atoms with Crippen molar-refractivity contribution in [3.05, 3.63) is 19.1 Å². The average Bonchev–Trinajstić information content (AvgIpc) is 1.98. The van der Waals surface area contributed by atoms with E-state index in [1.54, 1.807) is 0 Å². The Kier molecular flexibility index (Phi) is 6.68. The van der Waals surface area contributed by atoms with E-state index in [1.165, 1.54) is 19.3 Å². The summed E-state index contributed by atoms with van der Waals surface area (Å²) in [4.78, 5) is 0. The molecule has 0 spiro atoms. The van der Waals surface area contributed by atoms with E-state index in [9.17, 15) is 0 Å². The normalized spacial score (nSPS) is 14.3. The Labute approximate surface area is 65.3 Å². The van der Waals surface area contributed by atoms with E-state index in [-0.39, 0.29) is 0 Å². The lowest BCUT2D eigenvalue weighted by Gasteiger charge is -1.98. The maximum atomic E-state index is 3.83. The minimum Gasteiger partial charge on any atom is -0.0883 e. The van der Waals surface area contributed by atoms with Crippen LogP contribution < -0.4 is 0 Å². The zero-order valence-corrected chi connectivity index (χ0v) is 7.27. The maximum absolute atomic E-state index is 3.83. The third kappa shape index (κ3) is 5.87. The van der Waals surface area contributed by atoms with Crippen molar-refractivity contribution in [3.63, 3.8) is 0 Å². The molecule has 1 radical (unpaired) electrons. The summed E-state index contributed by atoms with van der Waals surface area (Å²) in [6, 6.07) is 0. The van der Waals surface area contributed by atoms with E-state index in [0.29, 0.717) is 5.92 Å². The highest BCUT2D eigenvalue weighted by Crippen LogP contribution is 2.03. The van der Waals surface area contributed by atoms with Gasteiger partial charge in [-0.1, -0.05) is 45.8 Å². The molecule has 10 heavy (non-hydrogen) atoms. The SMILES string of the molecule is [CH2]CC(C)/C=C\CCCC. The Morgan fingerprint density at radius 1 is 1.50 bits per heavy atom. The highest BCUT2D eigenvalue weighted by atomic mass is 13.9. The summed E-state index contributed by atoms with van der Waals surface area (Å²) < 4.78 is 0. The lowest BCUT2D eigenvalue weighted by atomic mass is 10.1. The van der Waals surface area contributed by atoms with Crippen molar-refractivity contribution in [2.45, 2.75) is 39.5 Å². The predicted octanol–water partition coefficient (Wildman–Crippen LogP) is 3.59. The van der Waals surface area contributed by atoms with Crippen LogP contribution in [0.15, 0.2) is 12.2 Å². The van der Waals surface area contributed by atoms with Crippen LogP contribution in [-0.2, 0) is 0 Å². The topological polar surface area (TPSA) is 0 Å². The standard InChI is InChI=1S/C10H19/c1-4-6-7-8-9-10(3)5-2/h8-10H,2,4-7H2,1,3H3/b9-8-. The Morgan fingerprint density at radius 2 is 2.20 bits per heavy atom. The summed E-state index contributed by atoms with van der Waals surface area (Å²) in [7, 11) is 0. The quantitative estimate of drug-likeness (QED) is 0.403. The van der Waals surface area contributed by atoms with Crippen molar-refractivity contribution in [3.8, 4) is 0 Å². The van der Waals surface area contributed by atoms with Crippen molar-refractivity contribution < 1.29 is 0 Å². The van der Waals surface area contributed by atoms with E-state index >= 15 is 0 Å². The molecule has 0 aliphatic carbocycles. The minimum absolute atomic E-state index is 0.664. The first-order valence-corrected chi connectivity index (χ1v) is 4.27. The second kappa shape index (κ2) is 6.85. The molecule has 0 saturated carbocycles. The molecule has 0 heteroatoms. The number of hydrogen-bond acceptors (Lipinski definition) is 0. The first-order chi connectivity index (χ1) is 4.81. The van der Waals surface area contributed by atoms with Crippen LogP contribution in [0, 0.1) is 12.8 Å². The van der Waals surface area contributed by atoms with Gasteiger partial charge in [0, 0.05) is 0 Å². The van der Waals surface area contributed by atoms with Gasteiger partial charge in [-0.15, -0.1) is 0 Å². The molecule has 0 amide bonds. The lowest BCUT2D eigenvalue weighted by molar-refractivity contribution is 0.730. The minimum atomic E-state index is 0.664. The van der Waals surface area contributed by atoms with Gasteiger partial charge < -0.3 is 0 Å². The summed E-state index contributed by atoms with van der Waals surface area (Å²) in [6.45, 7) is 8.26. The van der Waals surface area contributed by atoms with Gasteiger partial charge in [-0.25, -0.2) is 0 Å². The second-order valence-electron chi connectivity index (χ2n) is 2.84. The fraction of sp³-hybridized carbons (Fsp3) is 0.700. The molecule has 0 heterocycles. The van der Waals surface area contributed by atoms with E-state index < -0.39 is 0 Å². The maximum Gasteiger partial charge on any atom is -0.0262 e. The summed E-state index contributed by atoms with van der Waals surface area (Å²) in [5, 5.41) is 0. The first-order valence-electron chi connectivity index (χ1n) is 4.27. The van der Waals surface area contributed by atoms with E-state index in [4.69, 9.17) is 0 Å². The first kappa shape index (κ1) is 9.74. The molecule has 0 N–H and O–H groups in total. The molecule has 0 bridgehead atoms. The average molecular weight is 139 g/mol. The fourth-order valence-electron chi connectivity index (χ4n) is 0.747. The van der Waals surface area contributed by atoms with Crippen LogP contribution in [-0.4, -0.2) is 0 Å². The van der Waals surface area contributed by atoms with Crippen LogP contribution in [0.1, 0.15) is 39.5 Å². The third-order valence-corrected chi connectivity index (χ3v) is 1.64. The number of allylic oxidation sites excluding steroid dienone is 2. The van der Waals surface area contributed by atoms with Crippen LogP contribution >= 0.6 is 0 Å². The van der Waals surface area contributed by atoms with Crippen molar-refractivity contribution in [1.29, 1.82) is 0 Å². The van der Waals surface area contributed by atoms with Gasteiger partial charge in [-0.3, -0.25) is 0 Å². The largest absolute Gasteiger partial charge is 0.0883 e. The van der Waals surface area contributed by atoms with Gasteiger partial charge in [0.25, 0.3) is 0 Å². The van der Waals surface area contributed by atoms with Gasteiger partial charge in [0.05, 0.1) is 0 Å². The van der Waals surface area contributed by atoms with E-state index in [0.717, 1.165) is 6.42 Å². The van der Waals surface area contributed by atoms with Gasteiger partial charge in [-0.05, 0) is 18.8 Å². The molecule has 0 aromatic heterocycles. The van der Waals surface area contributed by atoms with Gasteiger partial charge in [0.1, 0.15) is 0 Å². The predicted molar refractivity (Wildman–Crippen MR) is 47.8 cm³/mol. The number of unbranched alkanes of at least 4 members (excludes halogenated alkanes) is 2. The molecule has 0 aromatic rings. The van der Waals surface area contributed by atoms with Crippen LogP contribution in [0.4, 0.5) is 0 Å². The third-order valence-electron chi connectivity index (χ3n) is 1.64. The number of rotatable bonds is 5. The summed E-state index contributed by atoms with van der Waals surface area (Å²) >= 11 is 0. The van der Waals surface area contributed by atoms with Gasteiger partial charge >= 0.3 is 0 Å². The molecule has 0 aliphatic heterocycles. The zero-order chi connectivity index (χ0) is 7.82. The summed E-state index contributed by atoms with van der Waals surface area (Å²) in [6.07, 6.45) is 9.41. The summed E-state index contributed by atoms with van der Waals surface area (Å²) in [5.41, 5.74) is 0. The van der Waals surface area contributed by atoms with Crippen molar-refractivity contribution in [1.82, 2.24) is 0 Å². The molecule has 0 fully saturated rings. The van der Waals surface area contributed by atoms with E-state index in [2.05, 4.69) is 32.9 Å². The zero-order valence-electron chi connectivity index (χ0n) is 7.27. The van der Waals surface area contributed by atoms with Crippen LogP contribution in [0.5, 0.6) is 0 Å². The van der Waals surface area contributed by atoms with E-state index in [1.807, 2.05) is 0 Å². The van der Waals surface area contributed by atoms with Crippen LogP contribution in [0.25, 0.3) is 0 Å². The molecule has 0 saturated heterocycles. The molecule has 1 atom stereocenters. The highest BCUT2D eigenvalue weighted by molar-refractivity contribution is 4.86. The highest BCUT2D eigenvalue weighted by Gasteiger charge is 1.88. The fourth-order valence-corrected chi connectivity index (χ4v) is 0.747. The van der Waals surface area contributed by atoms with Gasteiger partial charge in [0.15, 0.2) is 0 Å². The number of hydrogen-bond donors (Lipinski definition) is 0. The van der Waals surface area contributed by atoms with Gasteiger partial charge in [0.2, 0.25) is 0 Å². The smallest absolute Gasteiger partial charge is 0.0262 e. The molecule has 59 valence electrons. The van der Waals surface area contributed by atoms with Crippen molar-refractivity contribution in [2.75, 3.05) is 0 Å². The molecule has 0 nitrogen and oxygen atoms in total. The van der Waals surface area contributed by atoms with Crippen LogP contribution in [0.2, 0.25) is 0 Å². The van der Waals surface area contributed by atoms with Gasteiger partial charge in [-0.2, -0.15) is 0 Å². The molecule has 1 unspecified atom stereocenters. The Balaban J connectivity index is 3.18. The van der Waals surface area contributed by atoms with Crippen molar-refractivity contribution >= 4 is 0 Å².